The summed E-state index contributed by atoms with van der Waals surface area (Å²) in [4.78, 5) is 23.0. The summed E-state index contributed by atoms with van der Waals surface area (Å²) in [5, 5.41) is 23.3. The molecule has 4 atom stereocenters. The van der Waals surface area contributed by atoms with E-state index in [2.05, 4.69) is 60.8 Å². The highest BCUT2D eigenvalue weighted by Gasteiger charge is 2.27. The van der Waals surface area contributed by atoms with Crippen LogP contribution in [0.2, 0.25) is 0 Å². The molecule has 0 aliphatic carbocycles. The Bertz CT molecular complexity index is 1070. The highest BCUT2D eigenvalue weighted by atomic mass is 31.2. The number of nitrogens with zero attached hydrogens (tertiary/aromatic N) is 1. The zero-order valence-electron chi connectivity index (χ0n) is 34.3. The van der Waals surface area contributed by atoms with Gasteiger partial charge >= 0.3 is 7.82 Å². The summed E-state index contributed by atoms with van der Waals surface area (Å²) in [5.41, 5.74) is 0. The SMILES string of the molecule is CCCCCCCCCCCCC/C=C/[C@@H](O)[C@H](COP(=O)(O)OCC[N+](C)(C)C)NC(=O)CCC/C=C\C/C=C\C/C=C\C/C=C\CC[C@H](O)CC. The Hall–Kier alpha value is -1.84. The molecule has 53 heavy (non-hydrogen) atoms. The molecule has 0 aromatic heterocycles. The molecule has 0 fully saturated rings. The van der Waals surface area contributed by atoms with E-state index in [1.807, 2.05) is 34.1 Å². The molecule has 0 rings (SSSR count). The van der Waals surface area contributed by atoms with E-state index in [-0.39, 0.29) is 31.6 Å². The van der Waals surface area contributed by atoms with Gasteiger partial charge in [-0.2, -0.15) is 0 Å². The number of quaternary nitrogens is 1. The van der Waals surface area contributed by atoms with Gasteiger partial charge in [0.25, 0.3) is 0 Å². The maximum Gasteiger partial charge on any atom is 0.472 e. The van der Waals surface area contributed by atoms with Crippen molar-refractivity contribution < 1.29 is 38.0 Å². The minimum Gasteiger partial charge on any atom is -0.393 e. The Labute approximate surface area is 324 Å². The van der Waals surface area contributed by atoms with Crippen LogP contribution in [-0.4, -0.2) is 84.6 Å². The molecular weight excluding hydrogens is 687 g/mol. The summed E-state index contributed by atoms with van der Waals surface area (Å²) in [5.74, 6) is -0.247. The van der Waals surface area contributed by atoms with Gasteiger partial charge in [0, 0.05) is 6.42 Å². The third-order valence-electron chi connectivity index (χ3n) is 8.90. The minimum atomic E-state index is -4.36. The number of amides is 1. The topological polar surface area (TPSA) is 125 Å². The third kappa shape index (κ3) is 36.9. The van der Waals surface area contributed by atoms with Crippen LogP contribution in [0, 0.1) is 0 Å². The summed E-state index contributed by atoms with van der Waals surface area (Å²) < 4.78 is 23.4. The normalized spacial score (nSPS) is 15.7. The van der Waals surface area contributed by atoms with Crippen LogP contribution in [0.1, 0.15) is 149 Å². The van der Waals surface area contributed by atoms with E-state index < -0.39 is 20.0 Å². The number of hydrogen-bond donors (Lipinski definition) is 4. The Morgan fingerprint density at radius 3 is 1.75 bits per heavy atom. The second-order valence-electron chi connectivity index (χ2n) is 15.2. The average molecular weight is 768 g/mol. The Morgan fingerprint density at radius 1 is 0.698 bits per heavy atom. The van der Waals surface area contributed by atoms with E-state index in [9.17, 15) is 24.5 Å². The molecule has 308 valence electrons. The number of unbranched alkanes of at least 4 members (excludes halogenated alkanes) is 12. The van der Waals surface area contributed by atoms with Gasteiger partial charge in [-0.15, -0.1) is 0 Å². The summed E-state index contributed by atoms with van der Waals surface area (Å²) in [6.45, 7) is 4.45. The molecular formula is C43H80N2O7P+. The number of rotatable bonds is 36. The molecule has 0 saturated carbocycles. The predicted octanol–water partition coefficient (Wildman–Crippen LogP) is 10.0. The molecule has 0 spiro atoms. The van der Waals surface area contributed by atoms with E-state index in [1.54, 1.807) is 6.08 Å². The summed E-state index contributed by atoms with van der Waals surface area (Å²) >= 11 is 0. The molecule has 0 aromatic rings. The lowest BCUT2D eigenvalue weighted by Crippen LogP contribution is -2.45. The van der Waals surface area contributed by atoms with E-state index in [1.165, 1.54) is 57.8 Å². The largest absolute Gasteiger partial charge is 0.472 e. The van der Waals surface area contributed by atoms with Crippen LogP contribution in [0.4, 0.5) is 0 Å². The molecule has 0 aliphatic heterocycles. The predicted molar refractivity (Wildman–Crippen MR) is 223 cm³/mol. The Morgan fingerprint density at radius 2 is 1.21 bits per heavy atom. The fourth-order valence-electron chi connectivity index (χ4n) is 5.36. The number of carbonyl (C=O) groups excluding carboxylic acids is 1. The molecule has 1 amide bonds. The van der Waals surface area contributed by atoms with Crippen molar-refractivity contribution in [3.8, 4) is 0 Å². The number of phosphoric ester groups is 1. The van der Waals surface area contributed by atoms with Gasteiger partial charge < -0.3 is 24.9 Å². The van der Waals surface area contributed by atoms with Gasteiger partial charge in [0.1, 0.15) is 13.2 Å². The number of aliphatic hydroxyl groups is 2. The highest BCUT2D eigenvalue weighted by molar-refractivity contribution is 7.47. The van der Waals surface area contributed by atoms with Crippen molar-refractivity contribution in [2.75, 3.05) is 40.9 Å². The van der Waals surface area contributed by atoms with Crippen molar-refractivity contribution >= 4 is 13.7 Å². The van der Waals surface area contributed by atoms with E-state index in [0.717, 1.165) is 64.2 Å². The number of likely N-dealkylation sites (N-methyl/N-ethyl adjacent to an activating group) is 1. The lowest BCUT2D eigenvalue weighted by Gasteiger charge is -2.25. The number of allylic oxidation sites excluding steroid dienone is 9. The van der Waals surface area contributed by atoms with Gasteiger partial charge in [0.15, 0.2) is 0 Å². The van der Waals surface area contributed by atoms with Gasteiger partial charge in [0.05, 0.1) is 46.0 Å². The van der Waals surface area contributed by atoms with E-state index in [4.69, 9.17) is 9.05 Å². The lowest BCUT2D eigenvalue weighted by atomic mass is 10.0. The molecule has 0 saturated heterocycles. The highest BCUT2D eigenvalue weighted by Crippen LogP contribution is 2.43. The summed E-state index contributed by atoms with van der Waals surface area (Å²) in [6, 6.07) is -0.885. The summed E-state index contributed by atoms with van der Waals surface area (Å²) in [7, 11) is 1.50. The second kappa shape index (κ2) is 34.6. The molecule has 0 aliphatic rings. The standard InChI is InChI=1S/C43H79N2O7P/c1-6-8-9-10-11-12-13-16-20-23-26-29-32-35-42(47)41(39-52-53(49,50)51-38-37-45(3,4)5)44-43(48)36-33-30-27-24-21-18-15-14-17-19-22-25-28-31-34-40(46)7-2/h15,17-19,24-25,27-28,32,35,40-42,46-47H,6-14,16,20-23,26,29-31,33-34,36-39H2,1-5H3,(H-,44,48,49,50)/p+1/b18-15-,19-17-,27-24-,28-25-,35-32+/t40-,41+,42-/m1/s1. The van der Waals surface area contributed by atoms with Crippen LogP contribution in [0.15, 0.2) is 60.8 Å². The van der Waals surface area contributed by atoms with Crippen LogP contribution in [0.25, 0.3) is 0 Å². The van der Waals surface area contributed by atoms with Gasteiger partial charge in [-0.05, 0) is 64.2 Å². The van der Waals surface area contributed by atoms with Crippen molar-refractivity contribution in [3.05, 3.63) is 60.8 Å². The molecule has 0 bridgehead atoms. The first-order valence-corrected chi connectivity index (χ1v) is 22.2. The summed E-state index contributed by atoms with van der Waals surface area (Å²) in [6.07, 6.45) is 40.9. The van der Waals surface area contributed by atoms with Gasteiger partial charge in [-0.1, -0.05) is 139 Å². The molecule has 9 nitrogen and oxygen atoms in total. The maximum atomic E-state index is 12.8. The van der Waals surface area contributed by atoms with E-state index in [0.29, 0.717) is 17.4 Å². The van der Waals surface area contributed by atoms with Gasteiger partial charge in [-0.25, -0.2) is 4.57 Å². The van der Waals surface area contributed by atoms with Crippen LogP contribution in [0.5, 0.6) is 0 Å². The third-order valence-corrected chi connectivity index (χ3v) is 9.88. The fourth-order valence-corrected chi connectivity index (χ4v) is 6.10. The number of hydrogen-bond acceptors (Lipinski definition) is 6. The second-order valence-corrected chi connectivity index (χ2v) is 16.6. The molecule has 0 radical (unpaired) electrons. The number of nitrogens with one attached hydrogen (secondary N) is 1. The first-order valence-electron chi connectivity index (χ1n) is 20.7. The van der Waals surface area contributed by atoms with Crippen LogP contribution in [0.3, 0.4) is 0 Å². The maximum absolute atomic E-state index is 12.8. The zero-order chi connectivity index (χ0) is 39.5. The quantitative estimate of drug-likeness (QED) is 0.0217. The Kier molecular flexibility index (Phi) is 33.4. The van der Waals surface area contributed by atoms with Crippen molar-refractivity contribution in [2.24, 2.45) is 0 Å². The lowest BCUT2D eigenvalue weighted by molar-refractivity contribution is -0.870. The fraction of sp³-hybridized carbons (Fsp3) is 0.744. The Balaban J connectivity index is 4.61. The van der Waals surface area contributed by atoms with Crippen molar-refractivity contribution in [3.63, 3.8) is 0 Å². The van der Waals surface area contributed by atoms with Crippen molar-refractivity contribution in [1.29, 1.82) is 0 Å². The first-order chi connectivity index (χ1) is 25.4. The van der Waals surface area contributed by atoms with Gasteiger partial charge in [0.2, 0.25) is 5.91 Å². The van der Waals surface area contributed by atoms with Crippen molar-refractivity contribution in [1.82, 2.24) is 5.32 Å². The zero-order valence-corrected chi connectivity index (χ0v) is 35.2. The minimum absolute atomic E-state index is 0.0424. The average Bonchev–Trinajstić information content (AvgIpc) is 3.10. The monoisotopic (exact) mass is 768 g/mol. The van der Waals surface area contributed by atoms with Crippen molar-refractivity contribution in [2.45, 2.75) is 167 Å². The van der Waals surface area contributed by atoms with Crippen LogP contribution < -0.4 is 5.32 Å². The number of aliphatic hydroxyl groups excluding tert-OH is 2. The smallest absolute Gasteiger partial charge is 0.393 e. The first kappa shape index (κ1) is 51.2. The van der Waals surface area contributed by atoms with E-state index >= 15 is 0 Å². The van der Waals surface area contributed by atoms with Crippen LogP contribution in [-0.2, 0) is 18.4 Å². The number of phosphoric acid groups is 1. The molecule has 10 heteroatoms. The molecule has 0 heterocycles. The number of carbonyl (C=O) groups is 1. The molecule has 1 unspecified atom stereocenters. The van der Waals surface area contributed by atoms with Crippen LogP contribution >= 0.6 is 7.82 Å². The molecule has 4 N–H and O–H groups in total. The van der Waals surface area contributed by atoms with Gasteiger partial charge in [-0.3, -0.25) is 13.8 Å². The molecule has 0 aromatic carbocycles.